The number of aliphatic carboxylic acids is 1. The fourth-order valence-corrected chi connectivity index (χ4v) is 7.09. The van der Waals surface area contributed by atoms with Crippen LogP contribution in [0.25, 0.3) is 11.0 Å². The van der Waals surface area contributed by atoms with E-state index in [0.29, 0.717) is 20.6 Å². The van der Waals surface area contributed by atoms with Gasteiger partial charge in [0.05, 0.1) is 15.2 Å². The van der Waals surface area contributed by atoms with Gasteiger partial charge in [-0.05, 0) is 38.1 Å². The lowest BCUT2D eigenvalue weighted by Gasteiger charge is -2.17. The van der Waals surface area contributed by atoms with Gasteiger partial charge in [-0.3, -0.25) is 23.9 Å². The number of benzene rings is 1. The Morgan fingerprint density at radius 2 is 1.84 bits per heavy atom. The van der Waals surface area contributed by atoms with E-state index in [1.165, 1.54) is 20.8 Å². The lowest BCUT2D eigenvalue weighted by molar-refractivity contribution is -0.140. The van der Waals surface area contributed by atoms with E-state index >= 15 is 0 Å². The number of nitrogens with zero attached hydrogens (tertiary/aromatic N) is 3. The van der Waals surface area contributed by atoms with Crippen LogP contribution in [0.2, 0.25) is 0 Å². The Bertz CT molecular complexity index is 1340. The molecule has 32 heavy (non-hydrogen) atoms. The van der Waals surface area contributed by atoms with Crippen molar-refractivity contribution in [2.75, 3.05) is 18.0 Å². The molecule has 7 nitrogen and oxygen atoms in total. The van der Waals surface area contributed by atoms with Crippen LogP contribution in [0.4, 0.5) is 5.69 Å². The minimum absolute atomic E-state index is 0.183. The molecule has 3 heterocycles. The van der Waals surface area contributed by atoms with Crippen molar-refractivity contribution in [3.8, 4) is 0 Å². The number of thiocarbonyl (C=S) groups is 1. The second kappa shape index (κ2) is 9.26. The molecule has 0 aliphatic carbocycles. The maximum absolute atomic E-state index is 13.0. The van der Waals surface area contributed by atoms with Crippen LogP contribution in [-0.4, -0.2) is 43.9 Å². The van der Waals surface area contributed by atoms with E-state index in [-0.39, 0.29) is 9.88 Å². The third-order valence-corrected chi connectivity index (χ3v) is 8.74. The molecule has 1 aromatic carbocycles. The lowest BCUT2D eigenvalue weighted by atomic mass is 10.3. The number of thioether (sulfide) groups is 2. The number of thiazole rings is 1. The number of rotatable bonds is 5. The van der Waals surface area contributed by atoms with Crippen LogP contribution in [0.15, 0.2) is 45.1 Å². The molecular weight excluding hydrogens is 487 g/mol. The number of amides is 1. The van der Waals surface area contributed by atoms with Crippen molar-refractivity contribution in [1.29, 1.82) is 0 Å². The van der Waals surface area contributed by atoms with Crippen LogP contribution in [0.5, 0.6) is 0 Å². The molecule has 0 spiro atoms. The van der Waals surface area contributed by atoms with E-state index in [1.54, 1.807) is 17.8 Å². The van der Waals surface area contributed by atoms with Crippen LogP contribution in [0.1, 0.15) is 13.8 Å². The molecule has 0 atom stereocenters. The van der Waals surface area contributed by atoms with Crippen molar-refractivity contribution in [1.82, 2.24) is 9.47 Å². The first-order valence-electron chi connectivity index (χ1n) is 9.81. The maximum Gasteiger partial charge on any atom is 0.323 e. The molecule has 0 unspecified atom stereocenters. The minimum atomic E-state index is -1.14. The number of hydrogen-bond donors (Lipinski definition) is 1. The third-order valence-electron chi connectivity index (χ3n) is 4.89. The topological polar surface area (TPSA) is 82.8 Å². The zero-order chi connectivity index (χ0) is 23.0. The number of fused-ring (bicyclic) bond motifs is 1. The van der Waals surface area contributed by atoms with E-state index in [4.69, 9.17) is 17.3 Å². The first kappa shape index (κ1) is 22.8. The quantitative estimate of drug-likeness (QED) is 0.620. The summed E-state index contributed by atoms with van der Waals surface area (Å²) in [6, 6.07) is 8.16. The smallest absolute Gasteiger partial charge is 0.323 e. The summed E-state index contributed by atoms with van der Waals surface area (Å²) in [5, 5.41) is 10.1. The first-order chi connectivity index (χ1) is 15.3. The summed E-state index contributed by atoms with van der Waals surface area (Å²) in [5.41, 5.74) is 0.962. The summed E-state index contributed by atoms with van der Waals surface area (Å²) in [6.07, 6.45) is 3.72. The average molecular weight is 506 g/mol. The number of aromatic nitrogens is 1. The molecule has 1 aromatic heterocycles. The highest BCUT2D eigenvalue weighted by Gasteiger charge is 2.35. The molecule has 0 saturated carbocycles. The highest BCUT2D eigenvalue weighted by molar-refractivity contribution is 8.30. The van der Waals surface area contributed by atoms with Crippen molar-refractivity contribution in [2.24, 2.45) is 0 Å². The minimum Gasteiger partial charge on any atom is -0.480 e. The fraction of sp³-hybridized carbons (Fsp3) is 0.238. The number of allylic oxidation sites excluding steroid dienone is 1. The van der Waals surface area contributed by atoms with Crippen molar-refractivity contribution in [2.45, 2.75) is 25.3 Å². The molecule has 2 aliphatic heterocycles. The summed E-state index contributed by atoms with van der Waals surface area (Å²) < 4.78 is 2.73. The Hall–Kier alpha value is -2.34. The van der Waals surface area contributed by atoms with E-state index in [0.717, 1.165) is 33.9 Å². The lowest BCUT2D eigenvalue weighted by Crippen LogP contribution is -2.35. The van der Waals surface area contributed by atoms with Crippen molar-refractivity contribution in [3.05, 3.63) is 54.9 Å². The zero-order valence-corrected chi connectivity index (χ0v) is 20.5. The van der Waals surface area contributed by atoms with E-state index in [9.17, 15) is 14.4 Å². The van der Waals surface area contributed by atoms with Crippen LogP contribution in [0, 0.1) is 0 Å². The highest BCUT2D eigenvalue weighted by Crippen LogP contribution is 2.45. The molecule has 2 aromatic rings. The van der Waals surface area contributed by atoms with Gasteiger partial charge >= 0.3 is 5.97 Å². The number of para-hydroxylation sites is 1. The third kappa shape index (κ3) is 4.05. The normalized spacial score (nSPS) is 19.4. The molecule has 1 fully saturated rings. The Balaban J connectivity index is 1.78. The predicted octanol–water partition coefficient (Wildman–Crippen LogP) is 2.24. The second-order valence-electron chi connectivity index (χ2n) is 6.79. The SMILES string of the molecule is CCN1/C(=C/C=c2\s/c(=C3/SC(=S)N(CC(=O)O)C3=O)n(CC)c2=O)Sc2ccccc21. The van der Waals surface area contributed by atoms with Gasteiger partial charge in [-0.1, -0.05) is 47.9 Å². The Morgan fingerprint density at radius 1 is 1.09 bits per heavy atom. The summed E-state index contributed by atoms with van der Waals surface area (Å²) >= 11 is 9.10. The van der Waals surface area contributed by atoms with Gasteiger partial charge in [0.2, 0.25) is 0 Å². The molecule has 0 bridgehead atoms. The largest absolute Gasteiger partial charge is 0.480 e. The molecule has 11 heteroatoms. The predicted molar refractivity (Wildman–Crippen MR) is 134 cm³/mol. The van der Waals surface area contributed by atoms with Gasteiger partial charge in [0.25, 0.3) is 11.5 Å². The van der Waals surface area contributed by atoms with Crippen LogP contribution in [-0.2, 0) is 16.1 Å². The summed E-state index contributed by atoms with van der Waals surface area (Å²) in [5.74, 6) is -1.62. The van der Waals surface area contributed by atoms with Crippen molar-refractivity contribution in [3.63, 3.8) is 0 Å². The van der Waals surface area contributed by atoms with Gasteiger partial charge in [-0.15, -0.1) is 11.3 Å². The average Bonchev–Trinajstić information content (AvgIpc) is 3.38. The van der Waals surface area contributed by atoms with Gasteiger partial charge < -0.3 is 10.0 Å². The zero-order valence-electron chi connectivity index (χ0n) is 17.2. The second-order valence-corrected chi connectivity index (χ2v) is 10.5. The molecule has 1 saturated heterocycles. The van der Waals surface area contributed by atoms with Crippen LogP contribution < -0.4 is 19.7 Å². The Kier molecular flexibility index (Phi) is 6.61. The molecular formula is C21H19N3O4S4. The number of hydrogen-bond acceptors (Lipinski definition) is 8. The van der Waals surface area contributed by atoms with Gasteiger partial charge in [0.1, 0.15) is 20.4 Å². The number of carboxylic acid groups (broad SMARTS) is 1. The number of carbonyl (C=O) groups excluding carboxylic acids is 1. The van der Waals surface area contributed by atoms with Crippen molar-refractivity contribution >= 4 is 79.9 Å². The van der Waals surface area contributed by atoms with E-state index in [1.807, 2.05) is 25.1 Å². The standard InChI is InChI=1S/C21H19N3O4S4/c1-3-22-12-7-5-6-8-13(12)30-15(22)10-9-14-18(27)23(4-2)20(31-14)17-19(28)24(11-16(25)26)21(29)32-17/h5-10H,3-4,11H2,1-2H3,(H,25,26)/b14-9-,15-10-,20-17+. The van der Waals surface area contributed by atoms with Gasteiger partial charge in [-0.2, -0.15) is 0 Å². The Morgan fingerprint density at radius 3 is 2.53 bits per heavy atom. The first-order valence-corrected chi connectivity index (χ1v) is 12.7. The van der Waals surface area contributed by atoms with Gasteiger partial charge in [-0.25, -0.2) is 0 Å². The van der Waals surface area contributed by atoms with Crippen LogP contribution >= 0.6 is 47.1 Å². The van der Waals surface area contributed by atoms with Gasteiger partial charge in [0, 0.05) is 18.0 Å². The molecule has 1 amide bonds. The molecule has 0 radical (unpaired) electrons. The summed E-state index contributed by atoms with van der Waals surface area (Å²) in [4.78, 5) is 41.6. The highest BCUT2D eigenvalue weighted by atomic mass is 32.2. The molecule has 4 rings (SSSR count). The summed E-state index contributed by atoms with van der Waals surface area (Å²) in [6.45, 7) is 4.61. The van der Waals surface area contributed by atoms with E-state index < -0.39 is 18.4 Å². The van der Waals surface area contributed by atoms with Crippen molar-refractivity contribution < 1.29 is 14.7 Å². The number of anilines is 1. The molecule has 1 N–H and O–H groups in total. The number of carbonyl (C=O) groups is 2. The molecule has 166 valence electrons. The monoisotopic (exact) mass is 505 g/mol. The maximum atomic E-state index is 13.0. The molecule has 2 aliphatic rings. The number of carboxylic acids is 1. The summed E-state index contributed by atoms with van der Waals surface area (Å²) in [7, 11) is 0. The van der Waals surface area contributed by atoms with Gasteiger partial charge in [0.15, 0.2) is 0 Å². The Labute approximate surface area is 201 Å². The van der Waals surface area contributed by atoms with E-state index in [2.05, 4.69) is 24.0 Å². The fourth-order valence-electron chi connectivity index (χ4n) is 3.44. The van der Waals surface area contributed by atoms with Crippen LogP contribution in [0.3, 0.4) is 0 Å².